The van der Waals surface area contributed by atoms with Crippen LogP contribution in [0.15, 0.2) is 42.0 Å². The number of aliphatic imine (C=N–C) groups is 1. The van der Waals surface area contributed by atoms with Gasteiger partial charge in [0.05, 0.1) is 0 Å². The second-order valence-corrected chi connectivity index (χ2v) is 6.09. The minimum atomic E-state index is -0.224. The van der Waals surface area contributed by atoms with E-state index in [9.17, 15) is 4.39 Å². The summed E-state index contributed by atoms with van der Waals surface area (Å²) in [5, 5.41) is 15.3. The summed E-state index contributed by atoms with van der Waals surface area (Å²) in [6.45, 7) is 2.53. The number of halogens is 2. The zero-order valence-corrected chi connectivity index (χ0v) is 17.6. The Kier molecular flexibility index (Phi) is 8.49. The fourth-order valence-electron chi connectivity index (χ4n) is 2.87. The summed E-state index contributed by atoms with van der Waals surface area (Å²) >= 11 is 0. The third-order valence-electron chi connectivity index (χ3n) is 4.24. The molecule has 27 heavy (non-hydrogen) atoms. The number of nitrogens with one attached hydrogen (secondary N) is 3. The van der Waals surface area contributed by atoms with Gasteiger partial charge >= 0.3 is 0 Å². The molecule has 0 radical (unpaired) electrons. The topological polar surface area (TPSA) is 82.9 Å². The summed E-state index contributed by atoms with van der Waals surface area (Å²) in [5.74, 6) is 0.568. The van der Waals surface area contributed by atoms with E-state index >= 15 is 0 Å². The third kappa shape index (κ3) is 6.19. The monoisotopic (exact) mass is 485 g/mol. The number of unbranched alkanes of at least 4 members (excludes halogenated alkanes) is 1. The van der Waals surface area contributed by atoms with E-state index < -0.39 is 0 Å². The molecule has 2 aromatic heterocycles. The van der Waals surface area contributed by atoms with Gasteiger partial charge in [0.15, 0.2) is 5.96 Å². The Morgan fingerprint density at radius 2 is 1.96 bits per heavy atom. The Bertz CT molecular complexity index is 845. The number of fused-ring (bicyclic) bond motifs is 1. The highest BCUT2D eigenvalue weighted by Crippen LogP contribution is 2.19. The molecule has 3 N–H and O–H groups in total. The molecule has 0 aliphatic rings. The molecule has 146 valence electrons. The first-order chi connectivity index (χ1) is 12.8. The number of guanidine groups is 1. The van der Waals surface area contributed by atoms with Gasteiger partial charge in [-0.25, -0.2) is 4.39 Å². The summed E-state index contributed by atoms with van der Waals surface area (Å²) in [4.78, 5) is 7.36. The molecule has 0 saturated heterocycles. The summed E-state index contributed by atoms with van der Waals surface area (Å²) < 4.78 is 15.2. The average molecular weight is 485 g/mol. The summed E-state index contributed by atoms with van der Waals surface area (Å²) in [6.07, 6.45) is 8.31. The number of aromatic nitrogens is 4. The Morgan fingerprint density at radius 1 is 1.19 bits per heavy atom. The van der Waals surface area contributed by atoms with E-state index in [4.69, 9.17) is 0 Å². The minimum absolute atomic E-state index is 0. The third-order valence-corrected chi connectivity index (χ3v) is 4.24. The molecule has 0 aliphatic carbocycles. The van der Waals surface area contributed by atoms with Crippen molar-refractivity contribution in [3.8, 4) is 0 Å². The van der Waals surface area contributed by atoms with E-state index in [0.717, 1.165) is 61.3 Å². The van der Waals surface area contributed by atoms with E-state index in [0.29, 0.717) is 0 Å². The maximum absolute atomic E-state index is 13.2. The molecule has 0 atom stereocenters. The summed E-state index contributed by atoms with van der Waals surface area (Å²) in [5.41, 5.74) is 1.99. The molecule has 0 bridgehead atoms. The maximum Gasteiger partial charge on any atom is 0.190 e. The normalized spacial score (nSPS) is 11.4. The lowest BCUT2D eigenvalue weighted by Crippen LogP contribution is -2.38. The van der Waals surface area contributed by atoms with Gasteiger partial charge in [-0.1, -0.05) is 0 Å². The van der Waals surface area contributed by atoms with E-state index in [1.807, 2.05) is 16.8 Å². The standard InChI is InChI=1S/C18H24FN7.HI/c1-20-18(21-7-2-3-9-26-12-24-25-13-26)22-8-6-14-11-23-17-10-15(19)4-5-16(14)17;/h4-5,10-13,23H,2-3,6-9H2,1H3,(H2,20,21,22);1H. The van der Waals surface area contributed by atoms with E-state index in [2.05, 4.69) is 30.8 Å². The van der Waals surface area contributed by atoms with Crippen LogP contribution in [0.1, 0.15) is 18.4 Å². The van der Waals surface area contributed by atoms with Crippen LogP contribution in [0.2, 0.25) is 0 Å². The highest BCUT2D eigenvalue weighted by atomic mass is 127. The molecule has 3 rings (SSSR count). The highest BCUT2D eigenvalue weighted by Gasteiger charge is 2.05. The van der Waals surface area contributed by atoms with Gasteiger partial charge in [0.1, 0.15) is 18.5 Å². The maximum atomic E-state index is 13.2. The number of hydrogen-bond donors (Lipinski definition) is 3. The van der Waals surface area contributed by atoms with Crippen molar-refractivity contribution >= 4 is 40.8 Å². The van der Waals surface area contributed by atoms with Crippen LogP contribution < -0.4 is 10.6 Å². The minimum Gasteiger partial charge on any atom is -0.361 e. The predicted octanol–water partition coefficient (Wildman–Crippen LogP) is 2.70. The lowest BCUT2D eigenvalue weighted by atomic mass is 10.1. The van der Waals surface area contributed by atoms with Gasteiger partial charge in [0.2, 0.25) is 0 Å². The van der Waals surface area contributed by atoms with Crippen molar-refractivity contribution < 1.29 is 4.39 Å². The number of nitrogens with zero attached hydrogens (tertiary/aromatic N) is 4. The number of aromatic amines is 1. The smallest absolute Gasteiger partial charge is 0.190 e. The lowest BCUT2D eigenvalue weighted by molar-refractivity contribution is 0.597. The second kappa shape index (κ2) is 10.9. The first-order valence-electron chi connectivity index (χ1n) is 8.78. The number of H-pyrrole nitrogens is 1. The molecule has 2 heterocycles. The molecule has 0 aliphatic heterocycles. The first kappa shape index (κ1) is 21.1. The molecular weight excluding hydrogens is 460 g/mol. The van der Waals surface area contributed by atoms with Crippen molar-refractivity contribution in [2.45, 2.75) is 25.8 Å². The fourth-order valence-corrected chi connectivity index (χ4v) is 2.87. The molecule has 0 amide bonds. The second-order valence-electron chi connectivity index (χ2n) is 6.09. The van der Waals surface area contributed by atoms with Crippen LogP contribution >= 0.6 is 24.0 Å². The fraction of sp³-hybridized carbons (Fsp3) is 0.389. The van der Waals surface area contributed by atoms with Gasteiger partial charge in [0, 0.05) is 43.8 Å². The molecule has 0 fully saturated rings. The van der Waals surface area contributed by atoms with Crippen molar-refractivity contribution in [1.29, 1.82) is 0 Å². The van der Waals surface area contributed by atoms with Gasteiger partial charge in [-0.05, 0) is 43.0 Å². The van der Waals surface area contributed by atoms with Crippen molar-refractivity contribution in [2.24, 2.45) is 4.99 Å². The lowest BCUT2D eigenvalue weighted by Gasteiger charge is -2.11. The van der Waals surface area contributed by atoms with Crippen LogP contribution in [-0.2, 0) is 13.0 Å². The van der Waals surface area contributed by atoms with E-state index in [-0.39, 0.29) is 29.8 Å². The van der Waals surface area contributed by atoms with Gasteiger partial charge in [-0.3, -0.25) is 4.99 Å². The van der Waals surface area contributed by atoms with Crippen LogP contribution in [0, 0.1) is 5.82 Å². The van der Waals surface area contributed by atoms with Crippen LogP contribution in [0.5, 0.6) is 0 Å². The first-order valence-corrected chi connectivity index (χ1v) is 8.78. The number of benzene rings is 1. The molecule has 0 unspecified atom stereocenters. The molecule has 7 nitrogen and oxygen atoms in total. The Morgan fingerprint density at radius 3 is 2.74 bits per heavy atom. The number of aryl methyl sites for hydroxylation is 1. The van der Waals surface area contributed by atoms with E-state index in [1.165, 1.54) is 12.1 Å². The van der Waals surface area contributed by atoms with Crippen molar-refractivity contribution in [2.75, 3.05) is 20.1 Å². The predicted molar refractivity (Wildman–Crippen MR) is 116 cm³/mol. The van der Waals surface area contributed by atoms with Gasteiger partial charge in [-0.2, -0.15) is 0 Å². The number of hydrogen-bond acceptors (Lipinski definition) is 3. The summed E-state index contributed by atoms with van der Waals surface area (Å²) in [7, 11) is 1.76. The van der Waals surface area contributed by atoms with Crippen molar-refractivity contribution in [3.05, 3.63) is 48.4 Å². The van der Waals surface area contributed by atoms with Crippen LogP contribution in [0.25, 0.3) is 10.9 Å². The number of rotatable bonds is 8. The SMILES string of the molecule is CN=C(NCCCCn1cnnc1)NCCc1c[nH]c2cc(F)ccc12.I. The largest absolute Gasteiger partial charge is 0.361 e. The van der Waals surface area contributed by atoms with Crippen molar-refractivity contribution in [1.82, 2.24) is 30.4 Å². The van der Waals surface area contributed by atoms with Gasteiger partial charge < -0.3 is 20.2 Å². The molecule has 9 heteroatoms. The molecule has 0 saturated carbocycles. The van der Waals surface area contributed by atoms with Crippen LogP contribution in [-0.4, -0.2) is 45.8 Å². The highest BCUT2D eigenvalue weighted by molar-refractivity contribution is 14.0. The van der Waals surface area contributed by atoms with Crippen LogP contribution in [0.3, 0.4) is 0 Å². The Labute approximate surface area is 174 Å². The zero-order valence-electron chi connectivity index (χ0n) is 15.3. The zero-order chi connectivity index (χ0) is 18.2. The van der Waals surface area contributed by atoms with Crippen LogP contribution in [0.4, 0.5) is 4.39 Å². The molecular formula is C18H25FIN7. The molecule has 0 spiro atoms. The van der Waals surface area contributed by atoms with Gasteiger partial charge in [-0.15, -0.1) is 34.2 Å². The Hall–Kier alpha value is -2.17. The summed E-state index contributed by atoms with van der Waals surface area (Å²) in [6, 6.07) is 4.83. The average Bonchev–Trinajstić information content (AvgIpc) is 3.29. The molecule has 1 aromatic carbocycles. The van der Waals surface area contributed by atoms with Gasteiger partial charge in [0.25, 0.3) is 0 Å². The van der Waals surface area contributed by atoms with Crippen molar-refractivity contribution in [3.63, 3.8) is 0 Å². The Balaban J connectivity index is 0.00000261. The molecule has 3 aromatic rings. The van der Waals surface area contributed by atoms with E-state index in [1.54, 1.807) is 19.7 Å². The quantitative estimate of drug-likeness (QED) is 0.198.